The largest absolute Gasteiger partial charge is 0.505 e. The third kappa shape index (κ3) is 1.69. The van der Waals surface area contributed by atoms with Gasteiger partial charge >= 0.3 is 0 Å². The van der Waals surface area contributed by atoms with Gasteiger partial charge in [0.1, 0.15) is 16.5 Å². The lowest BCUT2D eigenvalue weighted by atomic mass is 10.2. The summed E-state index contributed by atoms with van der Waals surface area (Å²) in [5.41, 5.74) is 0.211. The van der Waals surface area contributed by atoms with Crippen LogP contribution >= 0.6 is 23.1 Å². The number of ketones is 1. The molecule has 0 spiro atoms. The molecule has 0 unspecified atom stereocenters. The molecule has 3 nitrogen and oxygen atoms in total. The molecule has 68 valence electrons. The van der Waals surface area contributed by atoms with Gasteiger partial charge in [-0.05, 0) is 6.26 Å². The highest BCUT2D eigenvalue weighted by molar-refractivity contribution is 8.00. The van der Waals surface area contributed by atoms with E-state index in [1.54, 1.807) is 6.26 Å². The summed E-state index contributed by atoms with van der Waals surface area (Å²) in [6.07, 6.45) is 1.80. The van der Waals surface area contributed by atoms with Gasteiger partial charge in [0, 0.05) is 6.92 Å². The Kier molecular flexibility index (Phi) is 2.96. The van der Waals surface area contributed by atoms with Gasteiger partial charge < -0.3 is 5.11 Å². The van der Waals surface area contributed by atoms with E-state index in [0.29, 0.717) is 4.21 Å². The first-order chi connectivity index (χ1) is 6.11. The smallest absolute Gasteiger partial charge is 0.173 e. The van der Waals surface area contributed by atoms with E-state index in [0.717, 1.165) is 11.3 Å². The molecule has 1 aromatic heterocycles. The highest BCUT2D eigenvalue weighted by Crippen LogP contribution is 2.39. The van der Waals surface area contributed by atoms with Crippen LogP contribution in [0.4, 0.5) is 0 Å². The molecule has 5 heteroatoms. The van der Waals surface area contributed by atoms with Gasteiger partial charge in [-0.25, -0.2) is 0 Å². The van der Waals surface area contributed by atoms with Crippen LogP contribution in [0.15, 0.2) is 4.21 Å². The second-order valence-corrected chi connectivity index (χ2v) is 4.41. The van der Waals surface area contributed by atoms with Crippen molar-refractivity contribution in [3.63, 3.8) is 0 Å². The first kappa shape index (κ1) is 10.1. The van der Waals surface area contributed by atoms with Crippen molar-refractivity contribution in [2.45, 2.75) is 11.1 Å². The molecular formula is C8H7NO2S2. The Hall–Kier alpha value is -0.990. The van der Waals surface area contributed by atoms with Gasteiger partial charge in [-0.3, -0.25) is 4.79 Å². The Morgan fingerprint density at radius 3 is 2.62 bits per heavy atom. The van der Waals surface area contributed by atoms with Crippen LogP contribution in [-0.4, -0.2) is 17.1 Å². The predicted octanol–water partition coefficient (Wildman–Crippen LogP) is 2.25. The molecule has 0 aliphatic heterocycles. The summed E-state index contributed by atoms with van der Waals surface area (Å²) in [7, 11) is 0. The Balaban J connectivity index is 3.37. The normalized spacial score (nSPS) is 9.62. The fourth-order valence-electron chi connectivity index (χ4n) is 0.883. The van der Waals surface area contributed by atoms with E-state index in [4.69, 9.17) is 5.26 Å². The van der Waals surface area contributed by atoms with E-state index < -0.39 is 0 Å². The van der Waals surface area contributed by atoms with E-state index in [2.05, 4.69) is 0 Å². The monoisotopic (exact) mass is 213 g/mol. The van der Waals surface area contributed by atoms with Crippen LogP contribution in [0.25, 0.3) is 0 Å². The lowest BCUT2D eigenvalue weighted by molar-refractivity contribution is 0.101. The van der Waals surface area contributed by atoms with Crippen molar-refractivity contribution >= 4 is 28.9 Å². The number of thiophene rings is 1. The predicted molar refractivity (Wildman–Crippen MR) is 52.5 cm³/mol. The van der Waals surface area contributed by atoms with Crippen LogP contribution in [0, 0.1) is 11.3 Å². The minimum absolute atomic E-state index is 0.177. The van der Waals surface area contributed by atoms with Crippen molar-refractivity contribution in [1.82, 2.24) is 0 Å². The molecule has 0 amide bonds. The van der Waals surface area contributed by atoms with Gasteiger partial charge in [-0.1, -0.05) is 0 Å². The molecule has 13 heavy (non-hydrogen) atoms. The average molecular weight is 213 g/mol. The van der Waals surface area contributed by atoms with Gasteiger partial charge in [-0.2, -0.15) is 5.26 Å². The van der Waals surface area contributed by atoms with E-state index in [1.165, 1.54) is 18.7 Å². The number of carbonyl (C=O) groups is 1. The van der Waals surface area contributed by atoms with Crippen molar-refractivity contribution in [1.29, 1.82) is 5.26 Å². The zero-order chi connectivity index (χ0) is 10.0. The van der Waals surface area contributed by atoms with Crippen molar-refractivity contribution < 1.29 is 9.90 Å². The Morgan fingerprint density at radius 2 is 2.31 bits per heavy atom. The van der Waals surface area contributed by atoms with Gasteiger partial charge in [0.2, 0.25) is 0 Å². The van der Waals surface area contributed by atoms with Crippen LogP contribution < -0.4 is 0 Å². The van der Waals surface area contributed by atoms with Crippen LogP contribution in [-0.2, 0) is 0 Å². The second kappa shape index (κ2) is 3.81. The summed E-state index contributed by atoms with van der Waals surface area (Å²) in [5, 5.41) is 18.2. The first-order valence-corrected chi connectivity index (χ1v) is 5.46. The first-order valence-electron chi connectivity index (χ1n) is 3.42. The minimum Gasteiger partial charge on any atom is -0.505 e. The average Bonchev–Trinajstić information content (AvgIpc) is 2.41. The number of thioether (sulfide) groups is 1. The molecule has 0 aliphatic rings. The topological polar surface area (TPSA) is 61.1 Å². The third-order valence-electron chi connectivity index (χ3n) is 1.47. The van der Waals surface area contributed by atoms with E-state index in [9.17, 15) is 9.90 Å². The summed E-state index contributed by atoms with van der Waals surface area (Å²) in [6.45, 7) is 1.37. The summed E-state index contributed by atoms with van der Waals surface area (Å²) in [4.78, 5) is 11.3. The van der Waals surface area contributed by atoms with Crippen LogP contribution in [0.3, 0.4) is 0 Å². The highest BCUT2D eigenvalue weighted by Gasteiger charge is 2.19. The minimum atomic E-state index is -0.209. The quantitative estimate of drug-likeness (QED) is 0.604. The number of nitrogens with zero attached hydrogens (tertiary/aromatic N) is 1. The van der Waals surface area contributed by atoms with Crippen LogP contribution in [0.1, 0.15) is 22.2 Å². The van der Waals surface area contributed by atoms with Crippen molar-refractivity contribution in [3.8, 4) is 11.8 Å². The van der Waals surface area contributed by atoms with Gasteiger partial charge in [0.15, 0.2) is 11.5 Å². The number of aromatic hydroxyl groups is 1. The molecule has 0 saturated carbocycles. The molecule has 1 N–H and O–H groups in total. The number of Topliss-reactive ketones (excluding diaryl/α,β-unsaturated/α-hetero) is 1. The van der Waals surface area contributed by atoms with Crippen molar-refractivity contribution in [2.24, 2.45) is 0 Å². The molecule has 0 fully saturated rings. The zero-order valence-electron chi connectivity index (χ0n) is 7.12. The van der Waals surface area contributed by atoms with Gasteiger partial charge in [0.05, 0.1) is 4.21 Å². The second-order valence-electron chi connectivity index (χ2n) is 2.31. The molecule has 0 aliphatic carbocycles. The van der Waals surface area contributed by atoms with Crippen molar-refractivity contribution in [2.75, 3.05) is 6.26 Å². The molecule has 0 radical (unpaired) electrons. The molecule has 0 saturated heterocycles. The van der Waals surface area contributed by atoms with Gasteiger partial charge in [-0.15, -0.1) is 23.1 Å². The number of carbonyl (C=O) groups excluding carboxylic acids is 1. The Bertz CT molecular complexity index is 390. The zero-order valence-corrected chi connectivity index (χ0v) is 8.75. The number of nitriles is 1. The molecule has 0 atom stereocenters. The maximum Gasteiger partial charge on any atom is 0.173 e. The van der Waals surface area contributed by atoms with E-state index >= 15 is 0 Å². The number of hydrogen-bond acceptors (Lipinski definition) is 5. The number of rotatable bonds is 2. The third-order valence-corrected chi connectivity index (χ3v) is 3.87. The Morgan fingerprint density at radius 1 is 1.69 bits per heavy atom. The molecule has 1 aromatic rings. The maximum absolute atomic E-state index is 11.0. The van der Waals surface area contributed by atoms with E-state index in [-0.39, 0.29) is 22.0 Å². The molecular weight excluding hydrogens is 206 g/mol. The molecule has 1 rings (SSSR count). The fourth-order valence-corrected chi connectivity index (χ4v) is 2.59. The summed E-state index contributed by atoms with van der Waals surface area (Å²) >= 11 is 2.52. The lowest BCUT2D eigenvalue weighted by Gasteiger charge is -1.89. The molecule has 1 heterocycles. The summed E-state index contributed by atoms with van der Waals surface area (Å²) < 4.78 is 0.685. The van der Waals surface area contributed by atoms with Crippen LogP contribution in [0.5, 0.6) is 5.75 Å². The van der Waals surface area contributed by atoms with Crippen LogP contribution in [0.2, 0.25) is 0 Å². The maximum atomic E-state index is 11.0. The standard InChI is InChI=1S/C8H7NO2S2/c1-4(10)7-6(11)5(3-9)8(12-2)13-7/h11H,1-2H3. The lowest BCUT2D eigenvalue weighted by Crippen LogP contribution is -1.86. The summed E-state index contributed by atoms with van der Waals surface area (Å²) in [5.74, 6) is -0.386. The number of hydrogen-bond donors (Lipinski definition) is 1. The van der Waals surface area contributed by atoms with Gasteiger partial charge in [0.25, 0.3) is 0 Å². The summed E-state index contributed by atoms with van der Waals surface area (Å²) in [6, 6.07) is 1.88. The SMILES string of the molecule is CSc1sc(C(C)=O)c(O)c1C#N. The molecule has 0 bridgehead atoms. The molecule has 0 aromatic carbocycles. The highest BCUT2D eigenvalue weighted by atomic mass is 32.2. The Labute approximate surface area is 84.0 Å². The van der Waals surface area contributed by atoms with E-state index in [1.807, 2.05) is 6.07 Å². The van der Waals surface area contributed by atoms with Crippen molar-refractivity contribution in [3.05, 3.63) is 10.4 Å². The fraction of sp³-hybridized carbons (Fsp3) is 0.250.